The Bertz CT molecular complexity index is 3230. The first kappa shape index (κ1) is 58.3. The molecule has 1 fully saturated rings. The normalized spacial score (nSPS) is 16.5. The molecule has 2 aromatic heterocycles. The number of primary amides is 1. The molecule has 0 spiro atoms. The number of hydrogen-bond acceptors (Lipinski definition) is 17. The van der Waals surface area contributed by atoms with Crippen molar-refractivity contribution in [1.29, 1.82) is 0 Å². The number of nitrogens with one attached hydrogen (secondary N) is 5. The predicted molar refractivity (Wildman–Crippen MR) is 287 cm³/mol. The molecule has 25 nitrogen and oxygen atoms in total. The maximum Gasteiger partial charge on any atom is 0.509 e. The van der Waals surface area contributed by atoms with Crippen molar-refractivity contribution in [3.63, 3.8) is 0 Å². The molecular weight excluding hydrogens is 1050 g/mol. The number of benzene rings is 2. The fraction of sp³-hybridized carbons (Fsp3) is 0.464. The number of hydrogen-bond donors (Lipinski definition) is 6. The number of nitrogens with two attached hydrogens (primary N) is 1. The summed E-state index contributed by atoms with van der Waals surface area (Å²) in [4.78, 5) is 147. The van der Waals surface area contributed by atoms with Gasteiger partial charge in [-0.1, -0.05) is 39.3 Å². The van der Waals surface area contributed by atoms with E-state index in [2.05, 4.69) is 26.6 Å². The van der Waals surface area contributed by atoms with Gasteiger partial charge in [-0.25, -0.2) is 14.6 Å². The molecule has 0 bridgehead atoms. The maximum absolute atomic E-state index is 14.2. The predicted octanol–water partition coefficient (Wildman–Crippen LogP) is 3.53. The molecular formula is C56H65N9O16. The molecule has 0 saturated carbocycles. The second-order valence-corrected chi connectivity index (χ2v) is 20.5. The van der Waals surface area contributed by atoms with Crippen molar-refractivity contribution >= 4 is 76.0 Å². The van der Waals surface area contributed by atoms with Gasteiger partial charge in [0.1, 0.15) is 18.7 Å². The number of Topliss-reactive ketones (excluding diaryl/α,β-unsaturated/α-hetero) is 1. The van der Waals surface area contributed by atoms with Gasteiger partial charge in [0.25, 0.3) is 11.5 Å². The van der Waals surface area contributed by atoms with E-state index in [9.17, 15) is 52.7 Å². The molecule has 25 heteroatoms. The monoisotopic (exact) mass is 1120 g/mol. The van der Waals surface area contributed by atoms with Gasteiger partial charge in [-0.3, -0.25) is 48.1 Å². The largest absolute Gasteiger partial charge is 0.509 e. The number of anilines is 1. The number of nitrogens with zero attached hydrogens (tertiary/aromatic N) is 3. The Hall–Kier alpha value is -8.90. The lowest BCUT2D eigenvalue weighted by molar-refractivity contribution is -0.168. The molecule has 2 aromatic carbocycles. The molecule has 430 valence electrons. The molecule has 4 aliphatic rings. The zero-order valence-corrected chi connectivity index (χ0v) is 45.5. The van der Waals surface area contributed by atoms with Gasteiger partial charge in [0.05, 0.1) is 23.4 Å². The van der Waals surface area contributed by atoms with Gasteiger partial charge in [-0.05, 0) is 79.8 Å². The van der Waals surface area contributed by atoms with E-state index in [1.54, 1.807) is 67.8 Å². The average Bonchev–Trinajstić information content (AvgIpc) is 3.50. The molecule has 5 heterocycles. The number of rotatable bonds is 24. The van der Waals surface area contributed by atoms with Gasteiger partial charge in [-0.15, -0.1) is 0 Å². The van der Waals surface area contributed by atoms with Crippen molar-refractivity contribution in [3.8, 4) is 22.9 Å². The fourth-order valence-corrected chi connectivity index (χ4v) is 10.4. The lowest BCUT2D eigenvalue weighted by atomic mass is 9.76. The smallest absolute Gasteiger partial charge is 0.454 e. The molecule has 1 aliphatic carbocycles. The minimum absolute atomic E-state index is 0.0152. The number of ether oxygens (including phenoxy) is 5. The van der Waals surface area contributed by atoms with Crippen LogP contribution in [0.4, 0.5) is 15.3 Å². The van der Waals surface area contributed by atoms with E-state index in [0.29, 0.717) is 93.1 Å². The Morgan fingerprint density at radius 1 is 0.815 bits per heavy atom. The third-order valence-electron chi connectivity index (χ3n) is 14.6. The van der Waals surface area contributed by atoms with Crippen LogP contribution < -0.4 is 47.4 Å². The first-order chi connectivity index (χ1) is 38.8. The standard InChI is InChI=1S/C56H65N9O16/c1-5-56(81-31(4)66)38-23-41-50-37(26-65(41)53(74)34(38)16-17-44(56)67)36(35-22-42-43(80-29-79-42)24-40(35)61-50)25-59-46(69)28-78-55(76)77-27-32-12-14-33(15-13-32)60-51(72)39(10-9-20-58-54(57)75)62-52(73)49(30(2)3)63-45(68)11-7-6-8-21-64-47(70)18-19-48(64)71/h12-15,22-24,30,39,49H,5-11,16-21,25-29H2,1-4H3,(H,59,69)(H,60,72)(H,62,73)(H,63,68)(H3,57,58,75)/t39-,49-,56-/m0/s1. The molecule has 0 radical (unpaired) electrons. The van der Waals surface area contributed by atoms with Crippen molar-refractivity contribution in [1.82, 2.24) is 35.7 Å². The van der Waals surface area contributed by atoms with E-state index in [1.807, 2.05) is 0 Å². The van der Waals surface area contributed by atoms with Gasteiger partial charge in [0.15, 0.2) is 29.5 Å². The zero-order chi connectivity index (χ0) is 58.1. The lowest BCUT2D eigenvalue weighted by Gasteiger charge is -2.36. The number of carbonyl (C=O) groups excluding carboxylic acids is 10. The highest BCUT2D eigenvalue weighted by Crippen LogP contribution is 2.44. The summed E-state index contributed by atoms with van der Waals surface area (Å²) in [5.41, 5.74) is 7.21. The number of unbranched alkanes of at least 4 members (excludes halogenated alkanes) is 2. The summed E-state index contributed by atoms with van der Waals surface area (Å²) in [5.74, 6) is -3.08. The molecule has 8 amide bonds. The first-order valence-electron chi connectivity index (χ1n) is 26.9. The Kier molecular flexibility index (Phi) is 18.3. The van der Waals surface area contributed by atoms with Crippen LogP contribution in [0.25, 0.3) is 22.3 Å². The molecule has 3 atom stereocenters. The van der Waals surface area contributed by atoms with Crippen LogP contribution in [0.3, 0.4) is 0 Å². The number of pyridine rings is 2. The van der Waals surface area contributed by atoms with Crippen LogP contribution in [-0.4, -0.2) is 112 Å². The quantitative estimate of drug-likeness (QED) is 0.0292. The highest BCUT2D eigenvalue weighted by atomic mass is 16.7. The van der Waals surface area contributed by atoms with Crippen LogP contribution in [0.15, 0.2) is 47.3 Å². The summed E-state index contributed by atoms with van der Waals surface area (Å²) in [6, 6.07) is 8.49. The van der Waals surface area contributed by atoms with Gasteiger partial charge >= 0.3 is 18.2 Å². The number of fused-ring (bicyclic) bond motifs is 6. The molecule has 4 aromatic rings. The molecule has 3 aliphatic heterocycles. The van der Waals surface area contributed by atoms with Crippen LogP contribution >= 0.6 is 0 Å². The van der Waals surface area contributed by atoms with Gasteiger partial charge in [0.2, 0.25) is 36.3 Å². The number of urea groups is 1. The Balaban J connectivity index is 0.846. The van der Waals surface area contributed by atoms with E-state index >= 15 is 0 Å². The molecule has 8 rings (SSSR count). The summed E-state index contributed by atoms with van der Waals surface area (Å²) in [6.07, 6.45) is 1.63. The topological polar surface area (TPSA) is 341 Å². The Labute approximate surface area is 464 Å². The van der Waals surface area contributed by atoms with E-state index in [4.69, 9.17) is 34.4 Å². The van der Waals surface area contributed by atoms with Crippen LogP contribution in [0.2, 0.25) is 0 Å². The molecule has 81 heavy (non-hydrogen) atoms. The van der Waals surface area contributed by atoms with Crippen LogP contribution in [0, 0.1) is 5.92 Å². The minimum atomic E-state index is -1.64. The fourth-order valence-electron chi connectivity index (χ4n) is 10.4. The first-order valence-corrected chi connectivity index (χ1v) is 26.9. The Morgan fingerprint density at radius 3 is 2.23 bits per heavy atom. The van der Waals surface area contributed by atoms with Gasteiger partial charge in [0, 0.05) is 86.1 Å². The van der Waals surface area contributed by atoms with Gasteiger partial charge < -0.3 is 60.6 Å². The van der Waals surface area contributed by atoms with Gasteiger partial charge in [-0.2, -0.15) is 0 Å². The van der Waals surface area contributed by atoms with E-state index in [0.717, 1.165) is 0 Å². The summed E-state index contributed by atoms with van der Waals surface area (Å²) in [7, 11) is 0. The summed E-state index contributed by atoms with van der Waals surface area (Å²) in [6.45, 7) is 5.82. The van der Waals surface area contributed by atoms with Crippen LogP contribution in [-0.2, 0) is 84.3 Å². The summed E-state index contributed by atoms with van der Waals surface area (Å²) < 4.78 is 28.9. The Morgan fingerprint density at radius 2 is 1.54 bits per heavy atom. The third-order valence-corrected chi connectivity index (χ3v) is 14.6. The van der Waals surface area contributed by atoms with E-state index in [1.165, 1.54) is 11.8 Å². The lowest BCUT2D eigenvalue weighted by Crippen LogP contribution is -2.54. The molecule has 7 N–H and O–H groups in total. The SMILES string of the molecule is CC[C@@]1(OC(C)=O)C(=O)CCc2c1cc1n(c2=O)Cc2c-1nc1cc3c(cc1c2CNC(=O)COC(=O)OCc1ccc(NC(=O)[C@H](CCCNC(N)=O)NC(=O)[C@@H](NC(=O)CCCCCN2C(=O)CCC2=O)C(C)C)cc1)OCO3. The third kappa shape index (κ3) is 13.4. The minimum Gasteiger partial charge on any atom is -0.454 e. The molecule has 1 saturated heterocycles. The second kappa shape index (κ2) is 25.5. The van der Waals surface area contributed by atoms with Crippen molar-refractivity contribution in [3.05, 3.63) is 80.6 Å². The second-order valence-electron chi connectivity index (χ2n) is 20.5. The van der Waals surface area contributed by atoms with Crippen molar-refractivity contribution in [2.24, 2.45) is 11.7 Å². The number of amides is 8. The number of aromatic nitrogens is 2. The van der Waals surface area contributed by atoms with E-state index < -0.39 is 60.2 Å². The summed E-state index contributed by atoms with van der Waals surface area (Å²) in [5, 5.41) is 14.1. The number of esters is 1. The van der Waals surface area contributed by atoms with Crippen LogP contribution in [0.1, 0.15) is 120 Å². The van der Waals surface area contributed by atoms with E-state index in [-0.39, 0.29) is 119 Å². The maximum atomic E-state index is 14.2. The number of ketones is 1. The average molecular weight is 1120 g/mol. The number of carbonyl (C=O) groups is 10. The highest BCUT2D eigenvalue weighted by Gasteiger charge is 2.48. The van der Waals surface area contributed by atoms with Crippen molar-refractivity contribution in [2.45, 2.75) is 136 Å². The number of likely N-dealkylation sites (tertiary alicyclic amines) is 1. The van der Waals surface area contributed by atoms with Crippen molar-refractivity contribution in [2.75, 3.05) is 31.8 Å². The molecule has 0 unspecified atom stereocenters. The van der Waals surface area contributed by atoms with Crippen LogP contribution in [0.5, 0.6) is 11.5 Å². The van der Waals surface area contributed by atoms with Crippen molar-refractivity contribution < 1.29 is 71.6 Å². The zero-order valence-electron chi connectivity index (χ0n) is 45.5. The summed E-state index contributed by atoms with van der Waals surface area (Å²) >= 11 is 0. The number of imide groups is 1. The highest BCUT2D eigenvalue weighted by molar-refractivity contribution is 6.02.